The van der Waals surface area contributed by atoms with E-state index < -0.39 is 0 Å². The van der Waals surface area contributed by atoms with E-state index in [1.807, 2.05) is 0 Å². The van der Waals surface area contributed by atoms with Gasteiger partial charge in [0, 0.05) is 26.7 Å². The Morgan fingerprint density at radius 1 is 1.41 bits per heavy atom. The molecule has 2 rings (SSSR count). The Balaban J connectivity index is 1.88. The molecule has 1 saturated heterocycles. The minimum absolute atomic E-state index is 0.00887. The molecule has 0 bridgehead atoms. The molecular formula is C12H21N3O2. The summed E-state index contributed by atoms with van der Waals surface area (Å²) in [6.07, 6.45) is 4.25. The number of nitrogens with one attached hydrogen (secondary N) is 1. The van der Waals surface area contributed by atoms with Crippen molar-refractivity contribution in [3.63, 3.8) is 0 Å². The number of amides is 2. The zero-order chi connectivity index (χ0) is 12.4. The number of hydrogen-bond acceptors (Lipinski definition) is 3. The predicted octanol–water partition coefficient (Wildman–Crippen LogP) is -0.182. The topological polar surface area (TPSA) is 52.7 Å². The van der Waals surface area contributed by atoms with Crippen LogP contribution >= 0.6 is 0 Å². The van der Waals surface area contributed by atoms with Gasteiger partial charge in [-0.3, -0.25) is 9.59 Å². The number of carbonyl (C=O) groups is 2. The number of likely N-dealkylation sites (tertiary alicyclic amines) is 1. The lowest BCUT2D eigenvalue weighted by atomic mass is 10.0. The van der Waals surface area contributed by atoms with Crippen molar-refractivity contribution in [1.82, 2.24) is 15.1 Å². The van der Waals surface area contributed by atoms with Crippen LogP contribution in [0.25, 0.3) is 0 Å². The molecule has 2 amide bonds. The Labute approximate surface area is 102 Å². The van der Waals surface area contributed by atoms with E-state index in [-0.39, 0.29) is 24.4 Å². The van der Waals surface area contributed by atoms with Crippen molar-refractivity contribution >= 4 is 11.8 Å². The van der Waals surface area contributed by atoms with Crippen LogP contribution < -0.4 is 5.32 Å². The molecule has 1 unspecified atom stereocenters. The van der Waals surface area contributed by atoms with Crippen LogP contribution in [0.2, 0.25) is 0 Å². The summed E-state index contributed by atoms with van der Waals surface area (Å²) in [6.45, 7) is 0.927. The fourth-order valence-electron chi connectivity index (χ4n) is 2.09. The number of rotatable bonds is 4. The Kier molecular flexibility index (Phi) is 3.66. The Hall–Kier alpha value is -1.10. The number of nitrogens with zero attached hydrogens (tertiary/aromatic N) is 2. The Morgan fingerprint density at radius 3 is 2.71 bits per heavy atom. The number of hydrogen-bond donors (Lipinski definition) is 1. The maximum Gasteiger partial charge on any atom is 0.241 e. The summed E-state index contributed by atoms with van der Waals surface area (Å²) in [5.41, 5.74) is 0. The van der Waals surface area contributed by atoms with E-state index in [9.17, 15) is 9.59 Å². The molecule has 1 aliphatic heterocycles. The highest BCUT2D eigenvalue weighted by molar-refractivity contribution is 5.88. The molecule has 1 heterocycles. The highest BCUT2D eigenvalue weighted by Crippen LogP contribution is 2.22. The van der Waals surface area contributed by atoms with Crippen molar-refractivity contribution in [2.45, 2.75) is 37.8 Å². The van der Waals surface area contributed by atoms with Crippen LogP contribution in [0.1, 0.15) is 25.7 Å². The van der Waals surface area contributed by atoms with Gasteiger partial charge in [0.2, 0.25) is 11.8 Å². The second kappa shape index (κ2) is 5.04. The highest BCUT2D eigenvalue weighted by Gasteiger charge is 2.34. The van der Waals surface area contributed by atoms with Gasteiger partial charge in [0.25, 0.3) is 0 Å². The van der Waals surface area contributed by atoms with Gasteiger partial charge in [0.15, 0.2) is 0 Å². The van der Waals surface area contributed by atoms with E-state index in [4.69, 9.17) is 0 Å². The third-order valence-electron chi connectivity index (χ3n) is 3.37. The van der Waals surface area contributed by atoms with Gasteiger partial charge in [-0.2, -0.15) is 0 Å². The second-order valence-corrected chi connectivity index (χ2v) is 5.18. The predicted molar refractivity (Wildman–Crippen MR) is 64.5 cm³/mol. The van der Waals surface area contributed by atoms with E-state index in [1.54, 1.807) is 19.0 Å². The lowest BCUT2D eigenvalue weighted by Gasteiger charge is -2.33. The largest absolute Gasteiger partial charge is 0.347 e. The molecule has 1 N–H and O–H groups in total. The van der Waals surface area contributed by atoms with Crippen molar-refractivity contribution in [2.75, 3.05) is 27.2 Å². The lowest BCUT2D eigenvalue weighted by molar-refractivity contribution is -0.142. The summed E-state index contributed by atoms with van der Waals surface area (Å²) >= 11 is 0. The molecule has 17 heavy (non-hydrogen) atoms. The number of piperidine rings is 1. The zero-order valence-electron chi connectivity index (χ0n) is 10.6. The monoisotopic (exact) mass is 239 g/mol. The third-order valence-corrected chi connectivity index (χ3v) is 3.37. The minimum Gasteiger partial charge on any atom is -0.347 e. The van der Waals surface area contributed by atoms with E-state index in [2.05, 4.69) is 5.32 Å². The fraction of sp³-hybridized carbons (Fsp3) is 0.833. The first-order valence-electron chi connectivity index (χ1n) is 6.33. The third kappa shape index (κ3) is 3.19. The molecule has 0 aromatic heterocycles. The molecule has 0 aromatic rings. The minimum atomic E-state index is -0.0637. The second-order valence-electron chi connectivity index (χ2n) is 5.18. The van der Waals surface area contributed by atoms with E-state index >= 15 is 0 Å². The van der Waals surface area contributed by atoms with Crippen molar-refractivity contribution < 1.29 is 9.59 Å². The molecule has 1 atom stereocenters. The van der Waals surface area contributed by atoms with E-state index in [0.717, 1.165) is 12.8 Å². The van der Waals surface area contributed by atoms with Crippen LogP contribution in [0.5, 0.6) is 0 Å². The zero-order valence-corrected chi connectivity index (χ0v) is 10.6. The van der Waals surface area contributed by atoms with Crippen LogP contribution in [-0.4, -0.2) is 60.9 Å². The summed E-state index contributed by atoms with van der Waals surface area (Å²) in [5.74, 6) is 0.0868. The molecule has 2 fully saturated rings. The molecule has 0 radical (unpaired) electrons. The summed E-state index contributed by atoms with van der Waals surface area (Å²) in [5, 5.41) is 3.36. The first-order valence-corrected chi connectivity index (χ1v) is 6.33. The number of carbonyl (C=O) groups excluding carboxylic acids is 2. The molecular weight excluding hydrogens is 218 g/mol. The molecule has 0 spiro atoms. The molecule has 5 heteroatoms. The standard InChI is InChI=1S/C12H21N3O2/c1-14(2)11(16)8-15-7-3-4-10(12(15)17)13-9-5-6-9/h9-10,13H,3-8H2,1-2H3. The SMILES string of the molecule is CN(C)C(=O)CN1CCCC(NC2CC2)C1=O. The normalized spacial score (nSPS) is 24.9. The maximum absolute atomic E-state index is 12.1. The summed E-state index contributed by atoms with van der Waals surface area (Å²) < 4.78 is 0. The van der Waals surface area contributed by atoms with Crippen LogP contribution in [0, 0.1) is 0 Å². The van der Waals surface area contributed by atoms with Crippen LogP contribution in [0.3, 0.4) is 0 Å². The molecule has 5 nitrogen and oxygen atoms in total. The van der Waals surface area contributed by atoms with Gasteiger partial charge in [0.05, 0.1) is 12.6 Å². The average molecular weight is 239 g/mol. The molecule has 1 aliphatic carbocycles. The van der Waals surface area contributed by atoms with E-state index in [0.29, 0.717) is 12.6 Å². The average Bonchev–Trinajstić information content (AvgIpc) is 3.07. The van der Waals surface area contributed by atoms with Crippen molar-refractivity contribution in [3.05, 3.63) is 0 Å². The van der Waals surface area contributed by atoms with Gasteiger partial charge in [-0.1, -0.05) is 0 Å². The van der Waals surface area contributed by atoms with Crippen molar-refractivity contribution in [3.8, 4) is 0 Å². The maximum atomic E-state index is 12.1. The number of likely N-dealkylation sites (N-methyl/N-ethyl adjacent to an activating group) is 1. The smallest absolute Gasteiger partial charge is 0.241 e. The van der Waals surface area contributed by atoms with Crippen LogP contribution in [0.15, 0.2) is 0 Å². The lowest BCUT2D eigenvalue weighted by Crippen LogP contribution is -2.53. The summed E-state index contributed by atoms with van der Waals surface area (Å²) in [6, 6.07) is 0.472. The van der Waals surface area contributed by atoms with Gasteiger partial charge < -0.3 is 15.1 Å². The fourth-order valence-corrected chi connectivity index (χ4v) is 2.09. The summed E-state index contributed by atoms with van der Waals surface area (Å²) in [4.78, 5) is 27.0. The van der Waals surface area contributed by atoms with Gasteiger partial charge >= 0.3 is 0 Å². The Morgan fingerprint density at radius 2 is 2.12 bits per heavy atom. The first-order chi connectivity index (χ1) is 8.08. The van der Waals surface area contributed by atoms with Gasteiger partial charge in [-0.15, -0.1) is 0 Å². The molecule has 1 saturated carbocycles. The van der Waals surface area contributed by atoms with Crippen LogP contribution in [-0.2, 0) is 9.59 Å². The highest BCUT2D eigenvalue weighted by atomic mass is 16.2. The molecule has 96 valence electrons. The van der Waals surface area contributed by atoms with Gasteiger partial charge in [0.1, 0.15) is 0 Å². The quantitative estimate of drug-likeness (QED) is 0.740. The van der Waals surface area contributed by atoms with Gasteiger partial charge in [-0.05, 0) is 25.7 Å². The van der Waals surface area contributed by atoms with Crippen LogP contribution in [0.4, 0.5) is 0 Å². The van der Waals surface area contributed by atoms with Gasteiger partial charge in [-0.25, -0.2) is 0 Å². The molecule has 2 aliphatic rings. The Bertz CT molecular complexity index is 313. The molecule has 0 aromatic carbocycles. The summed E-state index contributed by atoms with van der Waals surface area (Å²) in [7, 11) is 3.44. The van der Waals surface area contributed by atoms with E-state index in [1.165, 1.54) is 17.7 Å². The first kappa shape index (κ1) is 12.4. The van der Waals surface area contributed by atoms with Crippen molar-refractivity contribution in [1.29, 1.82) is 0 Å². The van der Waals surface area contributed by atoms with Crippen molar-refractivity contribution in [2.24, 2.45) is 0 Å².